The van der Waals surface area contributed by atoms with E-state index in [4.69, 9.17) is 4.74 Å². The van der Waals surface area contributed by atoms with Crippen molar-refractivity contribution in [1.29, 1.82) is 0 Å². The number of nitrogens with zero attached hydrogens (tertiary/aromatic N) is 1. The second-order valence-corrected chi connectivity index (χ2v) is 8.33. The van der Waals surface area contributed by atoms with Gasteiger partial charge in [0.25, 0.3) is 11.8 Å². The van der Waals surface area contributed by atoms with Crippen molar-refractivity contribution in [2.45, 2.75) is 41.6 Å². The number of rotatable bonds is 4. The van der Waals surface area contributed by atoms with Gasteiger partial charge in [0.2, 0.25) is 0 Å². The smallest absolute Gasteiger partial charge is 0.262 e. The number of amides is 2. The fourth-order valence-corrected chi connectivity index (χ4v) is 4.85. The van der Waals surface area contributed by atoms with E-state index in [1.165, 1.54) is 11.8 Å². The Morgan fingerprint density at radius 2 is 1.55 bits per heavy atom. The van der Waals surface area contributed by atoms with Crippen LogP contribution in [0.5, 0.6) is 0 Å². The molecule has 5 atom stereocenters. The zero-order chi connectivity index (χ0) is 20.7. The van der Waals surface area contributed by atoms with Crippen molar-refractivity contribution in [2.75, 3.05) is 6.61 Å². The number of carbonyl (C=O) groups is 2. The highest BCUT2D eigenvalue weighted by atomic mass is 32.2. The molecule has 29 heavy (non-hydrogen) atoms. The second-order valence-electron chi connectivity index (χ2n) is 7.15. The summed E-state index contributed by atoms with van der Waals surface area (Å²) < 4.78 is 5.83. The summed E-state index contributed by atoms with van der Waals surface area (Å²) in [6, 6.07) is 12.9. The Labute approximate surface area is 171 Å². The molecule has 1 fully saturated rings. The van der Waals surface area contributed by atoms with E-state index in [9.17, 15) is 24.9 Å². The van der Waals surface area contributed by atoms with Crippen LogP contribution in [0.15, 0.2) is 53.4 Å². The highest BCUT2D eigenvalue weighted by Crippen LogP contribution is 2.38. The number of hydrogen-bond donors (Lipinski definition) is 3. The van der Waals surface area contributed by atoms with Gasteiger partial charge in [-0.2, -0.15) is 0 Å². The summed E-state index contributed by atoms with van der Waals surface area (Å²) in [5.74, 6) is -1.08. The molecule has 4 rings (SSSR count). The Morgan fingerprint density at radius 3 is 2.10 bits per heavy atom. The molecule has 2 aromatic rings. The predicted octanol–water partition coefficient (Wildman–Crippen LogP) is 1.19. The topological polar surface area (TPSA) is 107 Å². The van der Waals surface area contributed by atoms with Gasteiger partial charge in [0.05, 0.1) is 17.7 Å². The summed E-state index contributed by atoms with van der Waals surface area (Å²) >= 11 is 1.23. The van der Waals surface area contributed by atoms with Crippen molar-refractivity contribution in [1.82, 2.24) is 4.90 Å². The molecule has 1 saturated heterocycles. The van der Waals surface area contributed by atoms with Crippen LogP contribution in [0.1, 0.15) is 26.3 Å². The first-order valence-electron chi connectivity index (χ1n) is 9.25. The van der Waals surface area contributed by atoms with Crippen LogP contribution < -0.4 is 0 Å². The lowest BCUT2D eigenvalue weighted by atomic mass is 9.97. The number of fused-ring (bicyclic) bond motifs is 1. The van der Waals surface area contributed by atoms with E-state index in [1.807, 2.05) is 31.2 Å². The van der Waals surface area contributed by atoms with Crippen LogP contribution in [-0.2, 0) is 4.74 Å². The first-order chi connectivity index (χ1) is 13.9. The maximum Gasteiger partial charge on any atom is 0.262 e. The van der Waals surface area contributed by atoms with Gasteiger partial charge in [0.15, 0.2) is 0 Å². The summed E-state index contributed by atoms with van der Waals surface area (Å²) in [6.45, 7) is 1.45. The molecule has 2 aromatic carbocycles. The predicted molar refractivity (Wildman–Crippen MR) is 106 cm³/mol. The number of aliphatic hydroxyl groups is 3. The lowest BCUT2D eigenvalue weighted by molar-refractivity contribution is -0.181. The number of carbonyl (C=O) groups excluding carboxylic acids is 2. The third kappa shape index (κ3) is 3.47. The lowest BCUT2D eigenvalue weighted by Gasteiger charge is -2.44. The standard InChI is InChI=1S/C21H21NO6S/c1-11-6-8-12(9-7-11)29-21-16(18(25)17(24)15(10-23)28-21)22-19(26)13-4-2-3-5-14(13)20(22)27/h2-9,15-18,21,23-25H,10H2,1H3/t15-,16+,17-,18-,21+/m1/s1. The van der Waals surface area contributed by atoms with Crippen LogP contribution in [0.2, 0.25) is 0 Å². The number of benzene rings is 2. The van der Waals surface area contributed by atoms with E-state index in [1.54, 1.807) is 24.3 Å². The molecular formula is C21H21NO6S. The lowest BCUT2D eigenvalue weighted by Crippen LogP contribution is -2.64. The minimum Gasteiger partial charge on any atom is -0.394 e. The van der Waals surface area contributed by atoms with Gasteiger partial charge < -0.3 is 20.1 Å². The molecule has 0 spiro atoms. The van der Waals surface area contributed by atoms with Gasteiger partial charge in [-0.25, -0.2) is 0 Å². The molecule has 0 aromatic heterocycles. The van der Waals surface area contributed by atoms with Crippen LogP contribution in [-0.4, -0.2) is 68.4 Å². The van der Waals surface area contributed by atoms with Gasteiger partial charge in [-0.1, -0.05) is 41.6 Å². The SMILES string of the molecule is Cc1ccc(S[C@@H]2O[C@H](CO)[C@@H](O)[C@H](O)[C@@H]2N2C(=O)c3ccccc3C2=O)cc1. The van der Waals surface area contributed by atoms with Crippen LogP contribution in [0.4, 0.5) is 0 Å². The molecule has 0 bridgehead atoms. The van der Waals surface area contributed by atoms with Crippen LogP contribution >= 0.6 is 11.8 Å². The summed E-state index contributed by atoms with van der Waals surface area (Å²) in [5, 5.41) is 30.7. The number of ether oxygens (including phenoxy) is 1. The molecule has 2 aliphatic rings. The second kappa shape index (κ2) is 7.89. The Bertz CT molecular complexity index is 898. The van der Waals surface area contributed by atoms with Gasteiger partial charge in [0.1, 0.15) is 29.8 Å². The van der Waals surface area contributed by atoms with Crippen molar-refractivity contribution in [3.05, 3.63) is 65.2 Å². The van der Waals surface area contributed by atoms with Crippen molar-refractivity contribution < 1.29 is 29.6 Å². The number of hydrogen-bond acceptors (Lipinski definition) is 7. The zero-order valence-corrected chi connectivity index (χ0v) is 16.5. The van der Waals surface area contributed by atoms with E-state index >= 15 is 0 Å². The first kappa shape index (κ1) is 20.1. The fraction of sp³-hybridized carbons (Fsp3) is 0.333. The molecule has 2 aliphatic heterocycles. The molecule has 0 radical (unpaired) electrons. The highest BCUT2D eigenvalue weighted by molar-refractivity contribution is 7.99. The number of aryl methyl sites for hydroxylation is 1. The van der Waals surface area contributed by atoms with Crippen molar-refractivity contribution in [3.63, 3.8) is 0 Å². The quantitative estimate of drug-likeness (QED) is 0.644. The maximum absolute atomic E-state index is 13.0. The minimum atomic E-state index is -1.47. The molecule has 152 valence electrons. The van der Waals surface area contributed by atoms with E-state index in [0.717, 1.165) is 15.4 Å². The van der Waals surface area contributed by atoms with E-state index in [2.05, 4.69) is 0 Å². The Kier molecular flexibility index (Phi) is 5.46. The van der Waals surface area contributed by atoms with E-state index in [-0.39, 0.29) is 11.1 Å². The summed E-state index contributed by atoms with van der Waals surface area (Å²) in [4.78, 5) is 27.7. The fourth-order valence-electron chi connectivity index (χ4n) is 3.67. The van der Waals surface area contributed by atoms with Gasteiger partial charge in [-0.05, 0) is 31.2 Å². The Morgan fingerprint density at radius 1 is 0.966 bits per heavy atom. The van der Waals surface area contributed by atoms with Crippen LogP contribution in [0.3, 0.4) is 0 Å². The molecule has 3 N–H and O–H groups in total. The summed E-state index contributed by atoms with van der Waals surface area (Å²) in [5.41, 5.74) is 0.708. The first-order valence-corrected chi connectivity index (χ1v) is 10.1. The van der Waals surface area contributed by atoms with Crippen molar-refractivity contribution >= 4 is 23.6 Å². The minimum absolute atomic E-state index is 0.252. The van der Waals surface area contributed by atoms with E-state index < -0.39 is 48.2 Å². The molecular weight excluding hydrogens is 394 g/mol. The zero-order valence-electron chi connectivity index (χ0n) is 15.6. The Balaban J connectivity index is 1.70. The third-order valence-corrected chi connectivity index (χ3v) is 6.41. The van der Waals surface area contributed by atoms with Crippen molar-refractivity contribution in [2.24, 2.45) is 0 Å². The molecule has 7 nitrogen and oxygen atoms in total. The number of thioether (sulfide) groups is 1. The molecule has 0 unspecified atom stereocenters. The maximum atomic E-state index is 13.0. The van der Waals surface area contributed by atoms with Crippen LogP contribution in [0.25, 0.3) is 0 Å². The average molecular weight is 415 g/mol. The normalized spacial score (nSPS) is 29.2. The van der Waals surface area contributed by atoms with E-state index in [0.29, 0.717) is 0 Å². The highest BCUT2D eigenvalue weighted by Gasteiger charge is 2.52. The number of imide groups is 1. The summed E-state index contributed by atoms with van der Waals surface area (Å²) in [7, 11) is 0. The summed E-state index contributed by atoms with van der Waals surface area (Å²) in [6.07, 6.45) is -3.94. The largest absolute Gasteiger partial charge is 0.394 e. The van der Waals surface area contributed by atoms with Gasteiger partial charge >= 0.3 is 0 Å². The van der Waals surface area contributed by atoms with Gasteiger partial charge in [-0.15, -0.1) is 0 Å². The Hall–Kier alpha value is -2.23. The molecule has 2 heterocycles. The van der Waals surface area contributed by atoms with Gasteiger partial charge in [-0.3, -0.25) is 14.5 Å². The van der Waals surface area contributed by atoms with Crippen molar-refractivity contribution in [3.8, 4) is 0 Å². The monoisotopic (exact) mass is 415 g/mol. The van der Waals surface area contributed by atoms with Gasteiger partial charge in [0, 0.05) is 4.90 Å². The molecule has 0 saturated carbocycles. The average Bonchev–Trinajstić information content (AvgIpc) is 2.97. The van der Waals surface area contributed by atoms with Crippen LogP contribution in [0, 0.1) is 6.92 Å². The molecule has 2 amide bonds. The number of aliphatic hydroxyl groups excluding tert-OH is 3. The molecule has 0 aliphatic carbocycles. The third-order valence-electron chi connectivity index (χ3n) is 5.25. The molecule has 8 heteroatoms.